The van der Waals surface area contributed by atoms with E-state index in [2.05, 4.69) is 98.4 Å². The van der Waals surface area contributed by atoms with E-state index in [4.69, 9.17) is 4.98 Å². The molecule has 0 bridgehead atoms. The average molecular weight is 390 g/mol. The average Bonchev–Trinajstić information content (AvgIpc) is 3.10. The zero-order valence-electron chi connectivity index (χ0n) is 17.6. The van der Waals surface area contributed by atoms with Gasteiger partial charge in [0.15, 0.2) is 0 Å². The van der Waals surface area contributed by atoms with E-state index in [1.54, 1.807) is 0 Å². The molecule has 0 saturated carbocycles. The number of rotatable bonds is 6. The Morgan fingerprint density at radius 3 is 2.43 bits per heavy atom. The molecule has 1 aliphatic rings. The predicted molar refractivity (Wildman–Crippen MR) is 127 cm³/mol. The molecule has 0 radical (unpaired) electrons. The van der Waals surface area contributed by atoms with Crippen LogP contribution in [0.25, 0.3) is 22.0 Å². The molecule has 1 unspecified atom stereocenters. The summed E-state index contributed by atoms with van der Waals surface area (Å²) in [5.74, 6) is 0. The van der Waals surface area contributed by atoms with E-state index in [-0.39, 0.29) is 5.41 Å². The number of allylic oxidation sites excluding steroid dienone is 1. The molecule has 0 aliphatic heterocycles. The van der Waals surface area contributed by atoms with Crippen LogP contribution in [0.15, 0.2) is 91.5 Å². The van der Waals surface area contributed by atoms with Gasteiger partial charge in [0.1, 0.15) is 0 Å². The number of fused-ring (bicyclic) bond motifs is 5. The van der Waals surface area contributed by atoms with Crippen LogP contribution in [0.3, 0.4) is 0 Å². The lowest BCUT2D eigenvalue weighted by Gasteiger charge is -2.33. The molecule has 0 spiro atoms. The maximum absolute atomic E-state index is 5.18. The number of nitrogens with zero attached hydrogens (tertiary/aromatic N) is 1. The van der Waals surface area contributed by atoms with E-state index < -0.39 is 0 Å². The molecule has 4 aromatic rings. The van der Waals surface area contributed by atoms with Crippen molar-refractivity contribution in [2.75, 3.05) is 0 Å². The van der Waals surface area contributed by atoms with Gasteiger partial charge in [0, 0.05) is 16.6 Å². The Labute approximate surface area is 179 Å². The van der Waals surface area contributed by atoms with Gasteiger partial charge in [0.05, 0.1) is 10.9 Å². The van der Waals surface area contributed by atoms with Crippen LogP contribution in [0.2, 0.25) is 0 Å². The van der Waals surface area contributed by atoms with Crippen molar-refractivity contribution in [3.05, 3.63) is 114 Å². The second-order valence-corrected chi connectivity index (χ2v) is 8.24. The topological polar surface area (TPSA) is 12.9 Å². The number of pyridine rings is 1. The van der Waals surface area contributed by atoms with Crippen molar-refractivity contribution in [3.8, 4) is 11.1 Å². The third-order valence-electron chi connectivity index (χ3n) is 6.53. The molecule has 5 rings (SSSR count). The van der Waals surface area contributed by atoms with Crippen LogP contribution in [0.4, 0.5) is 0 Å². The summed E-state index contributed by atoms with van der Waals surface area (Å²) >= 11 is 0. The summed E-state index contributed by atoms with van der Waals surface area (Å²) < 4.78 is 0. The van der Waals surface area contributed by atoms with E-state index in [0.29, 0.717) is 0 Å². The summed E-state index contributed by atoms with van der Waals surface area (Å²) in [6, 6.07) is 28.5. The molecule has 0 amide bonds. The zero-order chi connectivity index (χ0) is 20.6. The Morgan fingerprint density at radius 2 is 1.63 bits per heavy atom. The molecule has 0 fully saturated rings. The molecule has 0 N–H and O–H groups in total. The minimum Gasteiger partial charge on any atom is -0.252 e. The molecule has 148 valence electrons. The van der Waals surface area contributed by atoms with Crippen molar-refractivity contribution in [2.24, 2.45) is 0 Å². The van der Waals surface area contributed by atoms with Crippen LogP contribution in [0.1, 0.15) is 48.6 Å². The summed E-state index contributed by atoms with van der Waals surface area (Å²) in [7, 11) is 0. The third-order valence-corrected chi connectivity index (χ3v) is 6.53. The van der Waals surface area contributed by atoms with Crippen molar-refractivity contribution >= 4 is 10.9 Å². The van der Waals surface area contributed by atoms with E-state index in [1.807, 2.05) is 0 Å². The second kappa shape index (κ2) is 7.57. The number of aryl methyl sites for hydroxylation is 1. The summed E-state index contributed by atoms with van der Waals surface area (Å²) in [4.78, 5) is 5.18. The molecule has 1 nitrogen and oxygen atoms in total. The second-order valence-electron chi connectivity index (χ2n) is 8.24. The first-order valence-corrected chi connectivity index (χ1v) is 11.0. The first kappa shape index (κ1) is 18.8. The predicted octanol–water partition coefficient (Wildman–Crippen LogP) is 7.47. The maximum Gasteiger partial charge on any atom is 0.0708 e. The van der Waals surface area contributed by atoms with Gasteiger partial charge in [-0.15, -0.1) is 6.58 Å². The lowest BCUT2D eigenvalue weighted by Crippen LogP contribution is -2.26. The van der Waals surface area contributed by atoms with Crippen molar-refractivity contribution < 1.29 is 0 Å². The zero-order valence-corrected chi connectivity index (χ0v) is 17.6. The van der Waals surface area contributed by atoms with Crippen LogP contribution in [-0.4, -0.2) is 4.98 Å². The maximum atomic E-state index is 5.18. The summed E-state index contributed by atoms with van der Waals surface area (Å²) in [5, 5.41) is 1.26. The van der Waals surface area contributed by atoms with Crippen molar-refractivity contribution in [2.45, 2.75) is 38.0 Å². The van der Waals surface area contributed by atoms with Gasteiger partial charge in [-0.05, 0) is 47.6 Å². The molecule has 1 aromatic heterocycles. The highest BCUT2D eigenvalue weighted by Crippen LogP contribution is 2.57. The summed E-state index contributed by atoms with van der Waals surface area (Å²) in [6.07, 6.45) is 6.28. The minimum absolute atomic E-state index is 0.238. The van der Waals surface area contributed by atoms with Gasteiger partial charge in [-0.3, -0.25) is 4.98 Å². The monoisotopic (exact) mass is 389 g/mol. The quantitative estimate of drug-likeness (QED) is 0.312. The highest BCUT2D eigenvalue weighted by molar-refractivity contribution is 5.98. The Bertz CT molecular complexity index is 1220. The number of para-hydroxylation sites is 1. The first-order chi connectivity index (χ1) is 14.8. The molecular formula is C29H27N. The van der Waals surface area contributed by atoms with Crippen LogP contribution in [-0.2, 0) is 11.8 Å². The molecule has 1 atom stereocenters. The Morgan fingerprint density at radius 1 is 0.900 bits per heavy atom. The highest BCUT2D eigenvalue weighted by Gasteiger charge is 2.45. The fraction of sp³-hybridized carbons (Fsp3) is 0.207. The van der Waals surface area contributed by atoms with E-state index in [0.717, 1.165) is 24.8 Å². The van der Waals surface area contributed by atoms with Gasteiger partial charge >= 0.3 is 0 Å². The number of unbranched alkanes of at least 4 members (excludes halogenated alkanes) is 1. The van der Waals surface area contributed by atoms with E-state index >= 15 is 0 Å². The number of benzene rings is 3. The smallest absolute Gasteiger partial charge is 0.0708 e. The Balaban J connectivity index is 1.97. The van der Waals surface area contributed by atoms with Crippen LogP contribution in [0.5, 0.6) is 0 Å². The molecule has 1 aliphatic carbocycles. The van der Waals surface area contributed by atoms with Gasteiger partial charge in [0.25, 0.3) is 0 Å². The van der Waals surface area contributed by atoms with E-state index in [1.165, 1.54) is 45.3 Å². The normalized spacial score (nSPS) is 17.0. The largest absolute Gasteiger partial charge is 0.252 e. The Kier molecular flexibility index (Phi) is 4.75. The van der Waals surface area contributed by atoms with Crippen LogP contribution in [0, 0.1) is 0 Å². The molecule has 1 heteroatoms. The lowest BCUT2D eigenvalue weighted by atomic mass is 9.69. The molecule has 30 heavy (non-hydrogen) atoms. The summed E-state index contributed by atoms with van der Waals surface area (Å²) in [6.45, 7) is 6.43. The lowest BCUT2D eigenvalue weighted by molar-refractivity contribution is 0.649. The fourth-order valence-electron chi connectivity index (χ4n) is 5.30. The van der Waals surface area contributed by atoms with Crippen molar-refractivity contribution in [3.63, 3.8) is 0 Å². The SMILES string of the molecule is C=CCC1(c2ccccc2)c2ccccc2-c2c(CCCC)nc3ccccc3c21. The van der Waals surface area contributed by atoms with Gasteiger partial charge in [-0.2, -0.15) is 0 Å². The van der Waals surface area contributed by atoms with Gasteiger partial charge < -0.3 is 0 Å². The molecule has 1 heterocycles. The fourth-order valence-corrected chi connectivity index (χ4v) is 5.30. The number of hydrogen-bond donors (Lipinski definition) is 0. The van der Waals surface area contributed by atoms with Gasteiger partial charge in [-0.1, -0.05) is 92.2 Å². The highest BCUT2D eigenvalue weighted by atomic mass is 14.7. The van der Waals surface area contributed by atoms with Crippen LogP contribution >= 0.6 is 0 Å². The third kappa shape index (κ3) is 2.65. The van der Waals surface area contributed by atoms with Gasteiger partial charge in [0.2, 0.25) is 0 Å². The standard InChI is InChI=1S/C29H27N/c1-3-5-18-26-27-22-15-9-11-17-24(22)29(20-4-2,21-13-7-6-8-14-21)28(27)23-16-10-12-19-25(23)30-26/h4,6-17,19H,2-3,5,18,20H2,1H3. The van der Waals surface area contributed by atoms with Crippen molar-refractivity contribution in [1.29, 1.82) is 0 Å². The Hall–Kier alpha value is -3.19. The number of hydrogen-bond acceptors (Lipinski definition) is 1. The van der Waals surface area contributed by atoms with Crippen molar-refractivity contribution in [1.82, 2.24) is 4.98 Å². The van der Waals surface area contributed by atoms with Gasteiger partial charge in [-0.25, -0.2) is 0 Å². The van der Waals surface area contributed by atoms with E-state index in [9.17, 15) is 0 Å². The summed E-state index contributed by atoms with van der Waals surface area (Å²) in [5.41, 5.74) is 8.89. The molecule has 0 saturated heterocycles. The molecule has 3 aromatic carbocycles. The van der Waals surface area contributed by atoms with Crippen LogP contribution < -0.4 is 0 Å². The molecular weight excluding hydrogens is 362 g/mol. The minimum atomic E-state index is -0.238. The first-order valence-electron chi connectivity index (χ1n) is 11.0. The number of aromatic nitrogens is 1.